The van der Waals surface area contributed by atoms with E-state index in [0.29, 0.717) is 28.3 Å². The van der Waals surface area contributed by atoms with E-state index in [1.54, 1.807) is 73.1 Å². The second-order valence-electron chi connectivity index (χ2n) is 19.9. The summed E-state index contributed by atoms with van der Waals surface area (Å²) in [4.78, 5) is 36.1. The first-order valence-electron chi connectivity index (χ1n) is 28.7. The zero-order valence-corrected chi connectivity index (χ0v) is 45.5. The Kier molecular flexibility index (Phi) is 29.3. The van der Waals surface area contributed by atoms with Gasteiger partial charge < -0.3 is 18.9 Å². The van der Waals surface area contributed by atoms with E-state index in [1.807, 2.05) is 54.6 Å². The van der Waals surface area contributed by atoms with Gasteiger partial charge in [0.15, 0.2) is 0 Å². The molecule has 0 bridgehead atoms. The van der Waals surface area contributed by atoms with Crippen LogP contribution in [0.25, 0.3) is 0 Å². The van der Waals surface area contributed by atoms with Crippen molar-refractivity contribution in [3.63, 3.8) is 0 Å². The van der Waals surface area contributed by atoms with Crippen LogP contribution >= 0.6 is 0 Å². The largest absolute Gasteiger partial charge is 0.494 e. The SMILES string of the molecule is CCCCCCCCCCCCCOc1ccc(C=Nc2ccc(C(=O)Oc3ccc(CCCCCC)c(OC(=O)c4ccc(N=Cc5ccc(OCCCCCCCCCCCCC)cc5)cc4)c3)cc2)cc1. The van der Waals surface area contributed by atoms with Crippen molar-refractivity contribution in [1.82, 2.24) is 0 Å². The Morgan fingerprint density at radius 2 is 0.730 bits per heavy atom. The normalized spacial score (nSPS) is 11.4. The molecular weight excluding hydrogens is 917 g/mol. The fourth-order valence-electron chi connectivity index (χ4n) is 8.85. The van der Waals surface area contributed by atoms with E-state index in [0.717, 1.165) is 86.3 Å². The average Bonchev–Trinajstić information content (AvgIpc) is 3.43. The van der Waals surface area contributed by atoms with Gasteiger partial charge in [0.05, 0.1) is 35.7 Å². The summed E-state index contributed by atoms with van der Waals surface area (Å²) in [6.07, 6.45) is 37.6. The van der Waals surface area contributed by atoms with Crippen molar-refractivity contribution >= 4 is 35.7 Å². The standard InChI is InChI=1S/C66H88N2O6/c1-4-7-10-13-15-17-19-21-23-25-28-49-71-61-44-31-54(32-45-61)52-67-59-40-35-57(36-41-59)65(69)73-63-48-39-56(30-27-12-9-6-3)64(51-63)74-66(70)58-37-42-60(43-38-58)68-53-55-33-46-62(47-34-55)72-50-29-26-24-22-20-18-16-14-11-8-5-2/h31-48,51-53H,4-30,49-50H2,1-3H3. The van der Waals surface area contributed by atoms with Gasteiger partial charge in [-0.1, -0.05) is 175 Å². The Balaban J connectivity index is 1.04. The Morgan fingerprint density at radius 3 is 1.14 bits per heavy atom. The molecule has 0 radical (unpaired) electrons. The highest BCUT2D eigenvalue weighted by Crippen LogP contribution is 2.29. The molecule has 5 aromatic rings. The number of aliphatic imine (C=N–C) groups is 2. The predicted molar refractivity (Wildman–Crippen MR) is 308 cm³/mol. The van der Waals surface area contributed by atoms with Crippen LogP contribution < -0.4 is 18.9 Å². The van der Waals surface area contributed by atoms with Crippen LogP contribution in [0.5, 0.6) is 23.0 Å². The number of hydrogen-bond acceptors (Lipinski definition) is 8. The average molecular weight is 1010 g/mol. The summed E-state index contributed by atoms with van der Waals surface area (Å²) in [7, 11) is 0. The third kappa shape index (κ3) is 24.3. The van der Waals surface area contributed by atoms with Gasteiger partial charge >= 0.3 is 11.9 Å². The van der Waals surface area contributed by atoms with Crippen LogP contribution in [0.1, 0.15) is 225 Å². The molecule has 0 spiro atoms. The lowest BCUT2D eigenvalue weighted by molar-refractivity contribution is 0.0731. The summed E-state index contributed by atoms with van der Waals surface area (Å²) in [5.41, 5.74) is 4.98. The van der Waals surface area contributed by atoms with E-state index in [4.69, 9.17) is 18.9 Å². The molecule has 8 nitrogen and oxygen atoms in total. The van der Waals surface area contributed by atoms with Crippen LogP contribution in [0.2, 0.25) is 0 Å². The van der Waals surface area contributed by atoms with Crippen LogP contribution in [0.3, 0.4) is 0 Å². The zero-order valence-electron chi connectivity index (χ0n) is 45.5. The number of nitrogens with zero attached hydrogens (tertiary/aromatic N) is 2. The second kappa shape index (κ2) is 36.8. The summed E-state index contributed by atoms with van der Waals surface area (Å²) in [5.74, 6) is 1.37. The number of benzene rings is 5. The fraction of sp³-hybridized carbons (Fsp3) is 0.485. The number of hydrogen-bond donors (Lipinski definition) is 0. The number of rotatable bonds is 39. The molecule has 5 rings (SSSR count). The summed E-state index contributed by atoms with van der Waals surface area (Å²) < 4.78 is 23.8. The number of ether oxygens (including phenoxy) is 4. The van der Waals surface area contributed by atoms with Crippen molar-refractivity contribution in [1.29, 1.82) is 0 Å². The summed E-state index contributed by atoms with van der Waals surface area (Å²) in [5, 5.41) is 0. The summed E-state index contributed by atoms with van der Waals surface area (Å²) in [6.45, 7) is 8.19. The monoisotopic (exact) mass is 1000 g/mol. The molecule has 0 unspecified atom stereocenters. The van der Waals surface area contributed by atoms with E-state index in [9.17, 15) is 9.59 Å². The lowest BCUT2D eigenvalue weighted by Gasteiger charge is -2.13. The molecule has 5 aromatic carbocycles. The van der Waals surface area contributed by atoms with E-state index in [1.165, 1.54) is 128 Å². The topological polar surface area (TPSA) is 95.8 Å². The molecule has 0 N–H and O–H groups in total. The van der Waals surface area contributed by atoms with Crippen molar-refractivity contribution in [3.05, 3.63) is 143 Å². The highest BCUT2D eigenvalue weighted by Gasteiger charge is 2.16. The van der Waals surface area contributed by atoms with Gasteiger partial charge in [0.1, 0.15) is 23.0 Å². The number of carbonyl (C=O) groups is 2. The minimum atomic E-state index is -0.521. The van der Waals surface area contributed by atoms with Crippen molar-refractivity contribution in [3.8, 4) is 23.0 Å². The van der Waals surface area contributed by atoms with Gasteiger partial charge in [-0.25, -0.2) is 9.59 Å². The first kappa shape index (κ1) is 58.9. The van der Waals surface area contributed by atoms with Crippen LogP contribution in [-0.4, -0.2) is 37.6 Å². The Labute approximate surface area is 445 Å². The molecule has 0 aromatic heterocycles. The fourth-order valence-corrected chi connectivity index (χ4v) is 8.85. The highest BCUT2D eigenvalue weighted by molar-refractivity contribution is 5.93. The van der Waals surface area contributed by atoms with Gasteiger partial charge in [0, 0.05) is 18.5 Å². The van der Waals surface area contributed by atoms with Crippen LogP contribution in [0.4, 0.5) is 11.4 Å². The van der Waals surface area contributed by atoms with Gasteiger partial charge in [-0.2, -0.15) is 0 Å². The lowest BCUT2D eigenvalue weighted by Crippen LogP contribution is -2.11. The van der Waals surface area contributed by atoms with E-state index < -0.39 is 11.9 Å². The lowest BCUT2D eigenvalue weighted by atomic mass is 10.0. The van der Waals surface area contributed by atoms with Gasteiger partial charge in [0.2, 0.25) is 0 Å². The molecule has 0 fully saturated rings. The third-order valence-electron chi connectivity index (χ3n) is 13.5. The van der Waals surface area contributed by atoms with Gasteiger partial charge in [-0.3, -0.25) is 9.98 Å². The first-order valence-corrected chi connectivity index (χ1v) is 28.7. The second-order valence-corrected chi connectivity index (χ2v) is 19.9. The molecule has 0 aliphatic carbocycles. The van der Waals surface area contributed by atoms with Crippen molar-refractivity contribution in [2.24, 2.45) is 9.98 Å². The van der Waals surface area contributed by atoms with Gasteiger partial charge in [-0.15, -0.1) is 0 Å². The maximum Gasteiger partial charge on any atom is 0.343 e. The van der Waals surface area contributed by atoms with E-state index >= 15 is 0 Å². The predicted octanol–water partition coefficient (Wildman–Crippen LogP) is 19.1. The van der Waals surface area contributed by atoms with Crippen molar-refractivity contribution in [2.45, 2.75) is 194 Å². The molecule has 398 valence electrons. The molecule has 0 aliphatic rings. The number of esters is 2. The molecule has 0 heterocycles. The molecule has 0 aliphatic heterocycles. The summed E-state index contributed by atoms with van der Waals surface area (Å²) in [6, 6.07) is 35.2. The van der Waals surface area contributed by atoms with Crippen molar-refractivity contribution < 1.29 is 28.5 Å². The quantitative estimate of drug-likeness (QED) is 0.0168. The first-order chi connectivity index (χ1) is 36.4. The Bertz CT molecular complexity index is 2340. The third-order valence-corrected chi connectivity index (χ3v) is 13.5. The van der Waals surface area contributed by atoms with Crippen molar-refractivity contribution in [2.75, 3.05) is 13.2 Å². The number of carbonyl (C=O) groups excluding carboxylic acids is 2. The van der Waals surface area contributed by atoms with Crippen LogP contribution in [0.15, 0.2) is 125 Å². The molecule has 0 amide bonds. The maximum absolute atomic E-state index is 13.5. The van der Waals surface area contributed by atoms with Crippen LogP contribution in [-0.2, 0) is 6.42 Å². The molecule has 8 heteroatoms. The minimum absolute atomic E-state index is 0.289. The smallest absolute Gasteiger partial charge is 0.343 e. The maximum atomic E-state index is 13.5. The molecular formula is C66H88N2O6. The molecule has 0 atom stereocenters. The van der Waals surface area contributed by atoms with E-state index in [2.05, 4.69) is 30.8 Å². The highest BCUT2D eigenvalue weighted by atomic mass is 16.5. The minimum Gasteiger partial charge on any atom is -0.494 e. The molecule has 0 saturated carbocycles. The zero-order chi connectivity index (χ0) is 52.1. The molecule has 74 heavy (non-hydrogen) atoms. The Hall–Kier alpha value is -6.02. The molecule has 0 saturated heterocycles. The summed E-state index contributed by atoms with van der Waals surface area (Å²) >= 11 is 0. The number of aryl methyl sites for hydroxylation is 1. The number of unbranched alkanes of at least 4 members (excludes halogenated alkanes) is 23. The van der Waals surface area contributed by atoms with Gasteiger partial charge in [0.25, 0.3) is 0 Å². The van der Waals surface area contributed by atoms with E-state index in [-0.39, 0.29) is 5.75 Å². The van der Waals surface area contributed by atoms with Gasteiger partial charge in [-0.05, 0) is 146 Å². The van der Waals surface area contributed by atoms with Crippen LogP contribution in [0, 0.1) is 0 Å². The Morgan fingerprint density at radius 1 is 0.378 bits per heavy atom.